The quantitative estimate of drug-likeness (QED) is 0.299. The molecule has 2 aromatic heterocycles. The number of rotatable bonds is 8. The van der Waals surface area contributed by atoms with Gasteiger partial charge in [-0.15, -0.1) is 5.10 Å². The first-order valence-corrected chi connectivity index (χ1v) is 15.0. The lowest BCUT2D eigenvalue weighted by molar-refractivity contribution is 0.102. The van der Waals surface area contributed by atoms with Crippen LogP contribution < -0.4 is 14.8 Å². The minimum atomic E-state index is -3.60. The Kier molecular flexibility index (Phi) is 7.99. The number of nitrogens with zero attached hydrogens (tertiary/aromatic N) is 5. The molecule has 4 aromatic rings. The predicted octanol–water partition coefficient (Wildman–Crippen LogP) is 5.03. The number of nitrogens with one attached hydrogen (secondary N) is 2. The number of aromatic nitrogens is 5. The van der Waals surface area contributed by atoms with Gasteiger partial charge in [-0.05, 0) is 47.7 Å². The van der Waals surface area contributed by atoms with Crippen molar-refractivity contribution in [3.05, 3.63) is 65.2 Å². The highest BCUT2D eigenvalue weighted by Crippen LogP contribution is 2.39. The van der Waals surface area contributed by atoms with Gasteiger partial charge in [0.05, 0.1) is 48.5 Å². The SMILES string of the molecule is COc1c(NC(=O)c2ccc(C)c(-n3cc(-c4cnc(C(C)C)n4C)nn3)c2)cc(C(C)(C)C)cc1NS(C)(=O)=O. The average Bonchev–Trinajstić information content (AvgIpc) is 3.49. The van der Waals surface area contributed by atoms with Gasteiger partial charge in [0.1, 0.15) is 11.5 Å². The molecule has 0 aliphatic rings. The number of methoxy groups -OCH3 is 1. The number of sulfonamides is 1. The van der Waals surface area contributed by atoms with Crippen LogP contribution >= 0.6 is 0 Å². The molecule has 0 aliphatic heterocycles. The van der Waals surface area contributed by atoms with E-state index >= 15 is 0 Å². The first kappa shape index (κ1) is 29.8. The lowest BCUT2D eigenvalue weighted by atomic mass is 9.86. The number of amides is 1. The number of carbonyl (C=O) groups excluding carboxylic acids is 1. The van der Waals surface area contributed by atoms with Crippen molar-refractivity contribution in [1.82, 2.24) is 24.5 Å². The summed E-state index contributed by atoms with van der Waals surface area (Å²) >= 11 is 0. The van der Waals surface area contributed by atoms with Crippen LogP contribution in [0.2, 0.25) is 0 Å². The van der Waals surface area contributed by atoms with Crippen molar-refractivity contribution in [2.75, 3.05) is 23.4 Å². The molecule has 218 valence electrons. The topological polar surface area (TPSA) is 133 Å². The molecular weight excluding hydrogens is 542 g/mol. The zero-order valence-corrected chi connectivity index (χ0v) is 25.7. The Bertz CT molecular complexity index is 1710. The van der Waals surface area contributed by atoms with E-state index in [1.807, 2.05) is 51.6 Å². The number of hydrogen-bond donors (Lipinski definition) is 2. The molecule has 0 unspecified atom stereocenters. The van der Waals surface area contributed by atoms with Gasteiger partial charge in [-0.25, -0.2) is 18.1 Å². The van der Waals surface area contributed by atoms with Crippen LogP contribution in [0, 0.1) is 6.92 Å². The van der Waals surface area contributed by atoms with Crippen molar-refractivity contribution >= 4 is 27.3 Å². The summed E-state index contributed by atoms with van der Waals surface area (Å²) < 4.78 is 35.8. The Morgan fingerprint density at radius 3 is 2.37 bits per heavy atom. The molecule has 0 bridgehead atoms. The smallest absolute Gasteiger partial charge is 0.255 e. The molecule has 0 saturated carbocycles. The third-order valence-electron chi connectivity index (χ3n) is 6.72. The van der Waals surface area contributed by atoms with Gasteiger partial charge < -0.3 is 14.6 Å². The number of carbonyl (C=O) groups is 1. The molecule has 0 atom stereocenters. The van der Waals surface area contributed by atoms with Crippen LogP contribution in [0.15, 0.2) is 42.7 Å². The maximum absolute atomic E-state index is 13.5. The van der Waals surface area contributed by atoms with E-state index in [1.54, 1.807) is 35.1 Å². The van der Waals surface area contributed by atoms with Crippen molar-refractivity contribution in [3.8, 4) is 22.8 Å². The lowest BCUT2D eigenvalue weighted by Gasteiger charge is -2.24. The van der Waals surface area contributed by atoms with Gasteiger partial charge in [0, 0.05) is 18.5 Å². The molecule has 11 nitrogen and oxygen atoms in total. The fraction of sp³-hybridized carbons (Fsp3) is 0.379. The predicted molar refractivity (Wildman–Crippen MR) is 161 cm³/mol. The first-order valence-electron chi connectivity index (χ1n) is 13.2. The Morgan fingerprint density at radius 1 is 1.10 bits per heavy atom. The molecular formula is C29H37N7O4S. The minimum Gasteiger partial charge on any atom is -0.492 e. The highest BCUT2D eigenvalue weighted by Gasteiger charge is 2.23. The van der Waals surface area contributed by atoms with E-state index in [0.717, 1.165) is 28.9 Å². The molecule has 0 saturated heterocycles. The summed E-state index contributed by atoms with van der Waals surface area (Å²) in [5, 5.41) is 11.6. The maximum Gasteiger partial charge on any atom is 0.255 e. The van der Waals surface area contributed by atoms with Crippen molar-refractivity contribution < 1.29 is 17.9 Å². The molecule has 0 radical (unpaired) electrons. The molecule has 0 spiro atoms. The van der Waals surface area contributed by atoms with Crippen LogP contribution in [-0.2, 0) is 22.5 Å². The van der Waals surface area contributed by atoms with Crippen molar-refractivity contribution in [3.63, 3.8) is 0 Å². The van der Waals surface area contributed by atoms with Crippen molar-refractivity contribution in [2.24, 2.45) is 7.05 Å². The van der Waals surface area contributed by atoms with Gasteiger partial charge in [0.15, 0.2) is 5.75 Å². The highest BCUT2D eigenvalue weighted by atomic mass is 32.2. The van der Waals surface area contributed by atoms with Gasteiger partial charge in [-0.2, -0.15) is 0 Å². The maximum atomic E-state index is 13.5. The second kappa shape index (κ2) is 11.0. The normalized spacial score (nSPS) is 12.0. The summed E-state index contributed by atoms with van der Waals surface area (Å²) in [6.07, 6.45) is 4.66. The van der Waals surface area contributed by atoms with E-state index in [4.69, 9.17) is 4.74 Å². The van der Waals surface area contributed by atoms with Crippen LogP contribution in [0.5, 0.6) is 5.75 Å². The number of aryl methyl sites for hydroxylation is 1. The molecule has 41 heavy (non-hydrogen) atoms. The fourth-order valence-electron chi connectivity index (χ4n) is 4.54. The summed E-state index contributed by atoms with van der Waals surface area (Å²) in [6, 6.07) is 8.81. The number of benzene rings is 2. The molecule has 2 N–H and O–H groups in total. The number of imidazole rings is 1. The Labute approximate surface area is 241 Å². The van der Waals surface area contributed by atoms with Crippen LogP contribution in [0.1, 0.15) is 67.8 Å². The summed E-state index contributed by atoms with van der Waals surface area (Å²) in [6.45, 7) is 12.1. The molecule has 2 aromatic carbocycles. The van der Waals surface area contributed by atoms with E-state index in [2.05, 4.69) is 39.2 Å². The van der Waals surface area contributed by atoms with Crippen LogP contribution in [-0.4, -0.2) is 52.2 Å². The molecule has 0 aliphatic carbocycles. The Morgan fingerprint density at radius 2 is 1.78 bits per heavy atom. The fourth-order valence-corrected chi connectivity index (χ4v) is 5.09. The van der Waals surface area contributed by atoms with Gasteiger partial charge in [-0.1, -0.05) is 45.9 Å². The number of anilines is 2. The third kappa shape index (κ3) is 6.43. The first-order chi connectivity index (χ1) is 19.1. The second-order valence-corrected chi connectivity index (χ2v) is 13.2. The monoisotopic (exact) mass is 579 g/mol. The molecule has 4 rings (SSSR count). The summed E-state index contributed by atoms with van der Waals surface area (Å²) in [5.41, 5.74) is 4.56. The van der Waals surface area contributed by atoms with Crippen LogP contribution in [0.4, 0.5) is 11.4 Å². The standard InChI is InChI=1S/C29H37N7O4S/c1-17(2)27-30-15-25(35(27)7)23-16-36(34-32-23)24-12-19(11-10-18(24)3)28(37)31-21-13-20(29(4,5)6)14-22(26(21)40-8)33-41(9,38)39/h10-17,33H,1-9H3,(H,31,37). The average molecular weight is 580 g/mol. The van der Waals surface area contributed by atoms with E-state index in [-0.39, 0.29) is 22.8 Å². The highest BCUT2D eigenvalue weighted by molar-refractivity contribution is 7.92. The van der Waals surface area contributed by atoms with Crippen LogP contribution in [0.3, 0.4) is 0 Å². The van der Waals surface area contributed by atoms with Gasteiger partial charge in [0.2, 0.25) is 10.0 Å². The summed E-state index contributed by atoms with van der Waals surface area (Å²) in [4.78, 5) is 18.0. The number of hydrogen-bond acceptors (Lipinski definition) is 7. The summed E-state index contributed by atoms with van der Waals surface area (Å²) in [7, 11) is -0.223. The second-order valence-electron chi connectivity index (χ2n) is 11.4. The largest absolute Gasteiger partial charge is 0.492 e. The van der Waals surface area contributed by atoms with Crippen molar-refractivity contribution in [1.29, 1.82) is 0 Å². The van der Waals surface area contributed by atoms with Gasteiger partial charge >= 0.3 is 0 Å². The lowest BCUT2D eigenvalue weighted by Crippen LogP contribution is -2.18. The minimum absolute atomic E-state index is 0.210. The van der Waals surface area contributed by atoms with E-state index in [0.29, 0.717) is 22.6 Å². The molecule has 0 fully saturated rings. The van der Waals surface area contributed by atoms with E-state index < -0.39 is 15.9 Å². The zero-order valence-electron chi connectivity index (χ0n) is 24.9. The zero-order chi connectivity index (χ0) is 30.3. The molecule has 12 heteroatoms. The number of ether oxygens (including phenoxy) is 1. The van der Waals surface area contributed by atoms with E-state index in [9.17, 15) is 13.2 Å². The molecule has 2 heterocycles. The van der Waals surface area contributed by atoms with Gasteiger partial charge in [-0.3, -0.25) is 9.52 Å². The van der Waals surface area contributed by atoms with Crippen LogP contribution in [0.25, 0.3) is 17.1 Å². The van der Waals surface area contributed by atoms with E-state index in [1.165, 1.54) is 7.11 Å². The Balaban J connectivity index is 1.70. The van der Waals surface area contributed by atoms with Crippen molar-refractivity contribution in [2.45, 2.75) is 52.9 Å². The molecule has 1 amide bonds. The third-order valence-corrected chi connectivity index (χ3v) is 7.31. The Hall–Kier alpha value is -4.19. The summed E-state index contributed by atoms with van der Waals surface area (Å²) in [5.74, 6) is 1.03. The van der Waals surface area contributed by atoms with Gasteiger partial charge in [0.25, 0.3) is 5.91 Å².